The van der Waals surface area contributed by atoms with Gasteiger partial charge in [0.25, 0.3) is 23.2 Å². The number of methoxy groups -OCH3 is 5. The van der Waals surface area contributed by atoms with Crippen LogP contribution in [0, 0.1) is 20.2 Å². The summed E-state index contributed by atoms with van der Waals surface area (Å²) < 4.78 is 38.9. The number of anilines is 10. The molecule has 0 saturated carbocycles. The van der Waals surface area contributed by atoms with Gasteiger partial charge in [-0.15, -0.1) is 0 Å². The molecule has 0 unspecified atom stereocenters. The predicted molar refractivity (Wildman–Crippen MR) is 372 cm³/mol. The van der Waals surface area contributed by atoms with E-state index in [1.807, 2.05) is 66.1 Å². The average Bonchev–Trinajstić information content (AvgIpc) is 1.74. The fourth-order valence-corrected chi connectivity index (χ4v) is 9.91. The second-order valence-corrected chi connectivity index (χ2v) is 19.5. The number of nitrogens with zero attached hydrogens (tertiary/aromatic N) is 5. The van der Waals surface area contributed by atoms with Crippen molar-refractivity contribution in [2.45, 2.75) is 35.6 Å². The number of para-hydroxylation sites is 4. The maximum Gasteiger partial charge on any atom is 1.00 e. The second-order valence-electron chi connectivity index (χ2n) is 19.5. The zero-order chi connectivity index (χ0) is 70.3. The van der Waals surface area contributed by atoms with E-state index < -0.39 is 52.8 Å². The van der Waals surface area contributed by atoms with Crippen molar-refractivity contribution >= 4 is 116 Å². The normalized spacial score (nSPS) is 10.8. The fourth-order valence-electron chi connectivity index (χ4n) is 9.91. The molecular weight excluding hydrogens is 1300 g/mol. The van der Waals surface area contributed by atoms with Gasteiger partial charge in [0, 0.05) is 31.8 Å². The minimum atomic E-state index is -1.02. The van der Waals surface area contributed by atoms with Gasteiger partial charge in [0.2, 0.25) is 0 Å². The van der Waals surface area contributed by atoms with E-state index in [4.69, 9.17) is 16.0 Å². The van der Waals surface area contributed by atoms with E-state index in [2.05, 4.69) is 30.2 Å². The zero-order valence-corrected chi connectivity index (χ0v) is 54.4. The Morgan fingerprint density at radius 1 is 0.520 bits per heavy atom. The molecule has 8 aromatic rings. The SMILES string of the molecule is C.C.CCN(c1ccccc1C(=O)OC)c1ccc(C(=O)OC)cc1[N+](=O)[O-].CCN1c2ccc(C(=O)O)cc2NC(=O)c2ccccc21.CCN1c2ccc(C(=O)OC)cc2NC(=O)c2ccccc21.COC(=O)c1ccc(Nc2ccccc2C(=O)OC)c([N+](=O)[O-])c1.O.[2H]CF.[Li+].[OH-]. The van der Waals surface area contributed by atoms with E-state index in [-0.39, 0.29) is 107 Å². The fraction of sp³-hybridized carbons (Fsp3) is 0.200. The Morgan fingerprint density at radius 2 is 0.900 bits per heavy atom. The van der Waals surface area contributed by atoms with Crippen LogP contribution in [-0.2, 0) is 23.7 Å². The van der Waals surface area contributed by atoms with Crippen molar-refractivity contribution in [2.75, 3.05) is 93.0 Å². The number of rotatable bonds is 15. The number of benzene rings is 8. The number of carboxylic acid groups (broad SMARTS) is 1. The van der Waals surface area contributed by atoms with Gasteiger partial charge >= 0.3 is 54.7 Å². The van der Waals surface area contributed by atoms with Crippen molar-refractivity contribution in [2.24, 2.45) is 0 Å². The molecule has 0 aliphatic carbocycles. The molecule has 0 radical (unpaired) electrons. The summed E-state index contributed by atoms with van der Waals surface area (Å²) in [6.45, 7) is 7.53. The number of nitro groups is 2. The van der Waals surface area contributed by atoms with Crippen LogP contribution in [0.2, 0.25) is 0 Å². The smallest absolute Gasteiger partial charge is 0.870 e. The number of halogens is 1. The van der Waals surface area contributed by atoms with Gasteiger partial charge in [0.05, 0.1) is 144 Å². The molecule has 28 nitrogen and oxygen atoms in total. The Kier molecular flexibility index (Phi) is 34.0. The van der Waals surface area contributed by atoms with Gasteiger partial charge < -0.3 is 70.4 Å². The monoisotopic (exact) mass is 1380 g/mol. The van der Waals surface area contributed by atoms with Crippen molar-refractivity contribution in [3.05, 3.63) is 235 Å². The topological polar surface area (TPSA) is 397 Å². The molecular formula is C70H76FLiN8O20. The van der Waals surface area contributed by atoms with Crippen LogP contribution in [0.1, 0.15) is 120 Å². The van der Waals surface area contributed by atoms with Crippen molar-refractivity contribution < 1.29 is 113 Å². The summed E-state index contributed by atoms with van der Waals surface area (Å²) >= 11 is 0. The third kappa shape index (κ3) is 20.0. The Hall–Kier alpha value is -12.0. The molecule has 0 bridgehead atoms. The van der Waals surface area contributed by atoms with Crippen LogP contribution in [0.25, 0.3) is 0 Å². The number of hydrogen-bond donors (Lipinski definition) is 4. The molecule has 0 aromatic heterocycles. The molecule has 8 aromatic carbocycles. The first-order chi connectivity index (χ1) is 46.1. The molecule has 2 heterocycles. The van der Waals surface area contributed by atoms with Crippen molar-refractivity contribution in [3.63, 3.8) is 0 Å². The molecule has 0 spiro atoms. The number of hydrogen-bond acceptors (Lipinski definition) is 22. The second kappa shape index (κ2) is 40.5. The maximum absolute atomic E-state index is 12.4. The van der Waals surface area contributed by atoms with Crippen LogP contribution in [0.3, 0.4) is 0 Å². The van der Waals surface area contributed by atoms with Crippen LogP contribution in [0.5, 0.6) is 0 Å². The number of carboxylic acids is 1. The number of fused-ring (bicyclic) bond motifs is 4. The number of esters is 5. The van der Waals surface area contributed by atoms with Crippen LogP contribution in [0.15, 0.2) is 170 Å². The van der Waals surface area contributed by atoms with Crippen LogP contribution >= 0.6 is 0 Å². The third-order valence-corrected chi connectivity index (χ3v) is 14.3. The summed E-state index contributed by atoms with van der Waals surface area (Å²) in [5, 5.41) is 40.4. The minimum Gasteiger partial charge on any atom is -0.870 e. The first-order valence-corrected chi connectivity index (χ1v) is 28.5. The Morgan fingerprint density at radius 3 is 1.35 bits per heavy atom. The Bertz CT molecular complexity index is 4260. The molecule has 524 valence electrons. The number of nitrogens with one attached hydrogen (secondary N) is 3. The minimum absolute atomic E-state index is 0. The molecule has 2 aliphatic heterocycles. The van der Waals surface area contributed by atoms with E-state index in [0.29, 0.717) is 59.1 Å². The van der Waals surface area contributed by atoms with E-state index in [1.54, 1.807) is 90.7 Å². The summed E-state index contributed by atoms with van der Waals surface area (Å²) in [4.78, 5) is 122. The molecule has 2 aliphatic rings. The van der Waals surface area contributed by atoms with Gasteiger partial charge in [0.15, 0.2) is 0 Å². The Balaban J connectivity index is 0.000000655. The van der Waals surface area contributed by atoms with E-state index >= 15 is 0 Å². The summed E-state index contributed by atoms with van der Waals surface area (Å²) in [6.07, 6.45) is 0. The van der Waals surface area contributed by atoms with Gasteiger partial charge in [-0.05, 0) is 130 Å². The standard InChI is InChI=1S/C18H18N2O6.C17H16N2O3.C16H14N2O6.C16H14N2O3.CH3F.2CH4.Li.2H2O/c1-4-19(14-8-6-5-7-13(14)18(22)26-3)15-10-9-12(17(21)25-2)11-16(15)20(23)24;1-3-19-14-7-5-4-6-12(14)16(20)18-13-10-11(17(21)22-2)8-9-15(13)19;1-23-15(19)10-7-8-13(14(9-10)18(21)22)17-12-6-4-3-5-11(12)16(20)24-2;1-2-18-13-6-4-3-5-11(13)15(19)17-12-9-10(16(20)21)7-8-14(12)18;1-2;;;;;/h5-11H,4H2,1-3H3;4-10H,3H2,1-2H3,(H,18,20);3-9,17H,1-2H3;3-9H,2H2,1H3,(H,17,19)(H,20,21);1H3;2*1H4;;2*1H2/q;;;;;;;+1;;/p-1/i;;;;1D;;;;;. The van der Waals surface area contributed by atoms with Crippen LogP contribution in [0.4, 0.5) is 72.6 Å². The number of aromatic carboxylic acids is 1. The molecule has 100 heavy (non-hydrogen) atoms. The van der Waals surface area contributed by atoms with E-state index in [0.717, 1.165) is 34.9 Å². The van der Waals surface area contributed by atoms with Crippen LogP contribution < -0.4 is 49.5 Å². The number of alkyl halides is 1. The quantitative estimate of drug-likeness (QED) is 0.0243. The molecule has 0 saturated heterocycles. The van der Waals surface area contributed by atoms with Crippen LogP contribution in [-0.4, -0.2) is 136 Å². The summed E-state index contributed by atoms with van der Waals surface area (Å²) in [5.74, 6) is -4.34. The molecule has 2 amide bonds. The first-order valence-electron chi connectivity index (χ1n) is 29.2. The number of carbonyl (C=O) groups is 8. The Labute approximate surface area is 589 Å². The van der Waals surface area contributed by atoms with Gasteiger partial charge in [-0.25, -0.2) is 28.8 Å². The molecule has 7 N–H and O–H groups in total. The van der Waals surface area contributed by atoms with E-state index in [9.17, 15) is 63.0 Å². The largest absolute Gasteiger partial charge is 1.00 e. The number of nitro benzene ring substituents is 2. The molecule has 0 atom stereocenters. The number of ether oxygens (including phenoxy) is 5. The number of amides is 2. The molecule has 10 rings (SSSR count). The zero-order valence-electron chi connectivity index (χ0n) is 55.4. The summed E-state index contributed by atoms with van der Waals surface area (Å²) in [7, 11) is 5.23. The van der Waals surface area contributed by atoms with Gasteiger partial charge in [-0.3, -0.25) is 34.2 Å². The average molecular weight is 1380 g/mol. The molecule has 0 fully saturated rings. The first kappa shape index (κ1) is 84.1. The predicted octanol–water partition coefficient (Wildman–Crippen LogP) is 10.4. The summed E-state index contributed by atoms with van der Waals surface area (Å²) in [5.41, 5.74) is 7.41. The van der Waals surface area contributed by atoms with Crippen molar-refractivity contribution in [1.82, 2.24) is 0 Å². The van der Waals surface area contributed by atoms with Crippen molar-refractivity contribution in [3.8, 4) is 0 Å². The number of carbonyl (C=O) groups excluding carboxylic acids is 7. The molecule has 30 heteroatoms. The maximum atomic E-state index is 12.4. The van der Waals surface area contributed by atoms with Gasteiger partial charge in [-0.1, -0.05) is 63.4 Å². The third-order valence-electron chi connectivity index (χ3n) is 14.3. The van der Waals surface area contributed by atoms with E-state index in [1.165, 1.54) is 71.9 Å². The summed E-state index contributed by atoms with van der Waals surface area (Å²) in [6, 6.07) is 45.7. The van der Waals surface area contributed by atoms with Gasteiger partial charge in [-0.2, -0.15) is 0 Å². The van der Waals surface area contributed by atoms with Gasteiger partial charge in [0.1, 0.15) is 11.4 Å². The van der Waals surface area contributed by atoms with Crippen molar-refractivity contribution in [1.29, 1.82) is 0 Å².